The molecule has 0 amide bonds. The highest BCUT2D eigenvalue weighted by Crippen LogP contribution is 2.13. The molecule has 0 heterocycles. The van der Waals surface area contributed by atoms with Gasteiger partial charge in [0.2, 0.25) is 0 Å². The molecular weight excluding hydrogens is 204 g/mol. The first-order valence-electron chi connectivity index (χ1n) is 5.25. The molecule has 0 saturated carbocycles. The number of benzene rings is 1. The summed E-state index contributed by atoms with van der Waals surface area (Å²) in [6.07, 6.45) is 2.76. The fourth-order valence-electron chi connectivity index (χ4n) is 1.63. The van der Waals surface area contributed by atoms with Gasteiger partial charge in [0.15, 0.2) is 0 Å². The van der Waals surface area contributed by atoms with Gasteiger partial charge in [-0.05, 0) is 18.4 Å². The Balaban J connectivity index is 2.76. The van der Waals surface area contributed by atoms with E-state index in [0.29, 0.717) is 5.71 Å². The van der Waals surface area contributed by atoms with Gasteiger partial charge in [-0.3, -0.25) is 0 Å². The monoisotopic (exact) mass is 220 g/mol. The summed E-state index contributed by atoms with van der Waals surface area (Å²) in [6.45, 7) is 2.00. The first-order valence-corrected chi connectivity index (χ1v) is 5.25. The average Bonchev–Trinajstić information content (AvgIpc) is 2.35. The Kier molecular flexibility index (Phi) is 5.05. The van der Waals surface area contributed by atoms with Crippen molar-refractivity contribution >= 4 is 11.9 Å². The number of hydrogen-bond acceptors (Lipinski definition) is 4. The molecule has 0 saturated heterocycles. The highest BCUT2D eigenvalue weighted by Gasteiger charge is 2.14. The minimum Gasteiger partial charge on any atom is -0.411 e. The van der Waals surface area contributed by atoms with Crippen molar-refractivity contribution in [2.24, 2.45) is 16.2 Å². The minimum absolute atomic E-state index is 0.0586. The van der Waals surface area contributed by atoms with Gasteiger partial charge in [-0.15, -0.1) is 0 Å². The summed E-state index contributed by atoms with van der Waals surface area (Å²) in [5.74, 6) is 0.0586. The second kappa shape index (κ2) is 6.61. The molecule has 0 aromatic heterocycles. The summed E-state index contributed by atoms with van der Waals surface area (Å²) >= 11 is 0. The van der Waals surface area contributed by atoms with Crippen LogP contribution in [-0.4, -0.2) is 22.3 Å². The van der Waals surface area contributed by atoms with Crippen molar-refractivity contribution < 1.29 is 10.4 Å². The number of oxime groups is 2. The van der Waals surface area contributed by atoms with Crippen molar-refractivity contribution in [2.45, 2.75) is 19.8 Å². The zero-order chi connectivity index (χ0) is 11.8. The van der Waals surface area contributed by atoms with Crippen molar-refractivity contribution in [3.05, 3.63) is 35.9 Å². The molecule has 0 bridgehead atoms. The second-order valence-electron chi connectivity index (χ2n) is 3.56. The van der Waals surface area contributed by atoms with Gasteiger partial charge in [0.05, 0.1) is 6.21 Å². The molecule has 1 unspecified atom stereocenters. The SMILES string of the molecule is CCC(Cc1ccccc1)C(C=NO)=NO. The summed E-state index contributed by atoms with van der Waals surface area (Å²) in [6, 6.07) is 9.94. The van der Waals surface area contributed by atoms with E-state index in [1.807, 2.05) is 37.3 Å². The maximum Gasteiger partial charge on any atom is 0.104 e. The predicted octanol–water partition coefficient (Wildman–Crippen LogP) is 2.55. The van der Waals surface area contributed by atoms with Gasteiger partial charge in [-0.1, -0.05) is 47.6 Å². The van der Waals surface area contributed by atoms with Gasteiger partial charge >= 0.3 is 0 Å². The molecule has 4 heteroatoms. The second-order valence-corrected chi connectivity index (χ2v) is 3.56. The van der Waals surface area contributed by atoms with E-state index in [1.165, 1.54) is 11.8 Å². The van der Waals surface area contributed by atoms with Crippen molar-refractivity contribution in [3.8, 4) is 0 Å². The lowest BCUT2D eigenvalue weighted by atomic mass is 9.93. The Morgan fingerprint density at radius 2 is 2.00 bits per heavy atom. The summed E-state index contributed by atoms with van der Waals surface area (Å²) in [5.41, 5.74) is 1.57. The van der Waals surface area contributed by atoms with E-state index in [2.05, 4.69) is 10.3 Å². The Labute approximate surface area is 94.9 Å². The molecule has 1 aromatic rings. The minimum atomic E-state index is 0.0586. The molecule has 1 atom stereocenters. The van der Waals surface area contributed by atoms with Crippen molar-refractivity contribution in [2.75, 3.05) is 0 Å². The maximum atomic E-state index is 8.82. The predicted molar refractivity (Wildman–Crippen MR) is 63.4 cm³/mol. The highest BCUT2D eigenvalue weighted by molar-refractivity contribution is 6.31. The lowest BCUT2D eigenvalue weighted by Gasteiger charge is -2.12. The molecule has 0 radical (unpaired) electrons. The van der Waals surface area contributed by atoms with Crippen molar-refractivity contribution in [1.82, 2.24) is 0 Å². The van der Waals surface area contributed by atoms with Crippen LogP contribution in [0.1, 0.15) is 18.9 Å². The lowest BCUT2D eigenvalue weighted by Crippen LogP contribution is -2.18. The van der Waals surface area contributed by atoms with Crippen LogP contribution < -0.4 is 0 Å². The van der Waals surface area contributed by atoms with Gasteiger partial charge in [0, 0.05) is 5.92 Å². The Hall–Kier alpha value is -1.84. The molecule has 86 valence electrons. The van der Waals surface area contributed by atoms with Gasteiger partial charge in [0.25, 0.3) is 0 Å². The van der Waals surface area contributed by atoms with Gasteiger partial charge in [0.1, 0.15) is 5.71 Å². The van der Waals surface area contributed by atoms with Gasteiger partial charge in [-0.2, -0.15) is 0 Å². The fourth-order valence-corrected chi connectivity index (χ4v) is 1.63. The standard InChI is InChI=1S/C12H16N2O2/c1-2-11(12(14-16)9-13-15)8-10-6-4-3-5-7-10/h3-7,9,11,15-16H,2,8H2,1H3. The van der Waals surface area contributed by atoms with Crippen LogP contribution >= 0.6 is 0 Å². The molecule has 0 aliphatic carbocycles. The molecule has 0 spiro atoms. The molecule has 1 aromatic carbocycles. The molecule has 0 aliphatic heterocycles. The van der Waals surface area contributed by atoms with E-state index < -0.39 is 0 Å². The van der Waals surface area contributed by atoms with Gasteiger partial charge < -0.3 is 10.4 Å². The van der Waals surface area contributed by atoms with E-state index in [1.54, 1.807) is 0 Å². The fraction of sp³-hybridized carbons (Fsp3) is 0.333. The molecule has 2 N–H and O–H groups in total. The van der Waals surface area contributed by atoms with E-state index in [-0.39, 0.29) is 5.92 Å². The Morgan fingerprint density at radius 1 is 1.31 bits per heavy atom. The third kappa shape index (κ3) is 3.38. The quantitative estimate of drug-likeness (QED) is 0.455. The zero-order valence-electron chi connectivity index (χ0n) is 9.24. The molecule has 16 heavy (non-hydrogen) atoms. The molecule has 1 rings (SSSR count). The topological polar surface area (TPSA) is 65.2 Å². The summed E-state index contributed by atoms with van der Waals surface area (Å²) in [4.78, 5) is 0. The third-order valence-corrected chi connectivity index (χ3v) is 2.54. The van der Waals surface area contributed by atoms with Crippen molar-refractivity contribution in [3.63, 3.8) is 0 Å². The van der Waals surface area contributed by atoms with Crippen LogP contribution in [0.15, 0.2) is 40.6 Å². The third-order valence-electron chi connectivity index (χ3n) is 2.54. The van der Waals surface area contributed by atoms with E-state index in [9.17, 15) is 0 Å². The Morgan fingerprint density at radius 3 is 2.50 bits per heavy atom. The number of nitrogens with zero attached hydrogens (tertiary/aromatic N) is 2. The zero-order valence-corrected chi connectivity index (χ0v) is 9.24. The van der Waals surface area contributed by atoms with Crippen LogP contribution in [0.3, 0.4) is 0 Å². The maximum absolute atomic E-state index is 8.82. The summed E-state index contributed by atoms with van der Waals surface area (Å²) in [7, 11) is 0. The molecule has 4 nitrogen and oxygen atoms in total. The summed E-state index contributed by atoms with van der Waals surface area (Å²) in [5, 5.41) is 23.3. The highest BCUT2D eigenvalue weighted by atomic mass is 16.4. The van der Waals surface area contributed by atoms with Crippen molar-refractivity contribution in [1.29, 1.82) is 0 Å². The van der Waals surface area contributed by atoms with Crippen LogP contribution in [0.2, 0.25) is 0 Å². The average molecular weight is 220 g/mol. The van der Waals surface area contributed by atoms with E-state index in [0.717, 1.165) is 12.8 Å². The molecule has 0 aliphatic rings. The van der Waals surface area contributed by atoms with Crippen LogP contribution in [0.4, 0.5) is 0 Å². The first-order chi connectivity index (χ1) is 7.81. The number of rotatable bonds is 5. The smallest absolute Gasteiger partial charge is 0.104 e. The lowest BCUT2D eigenvalue weighted by molar-refractivity contribution is 0.312. The van der Waals surface area contributed by atoms with E-state index >= 15 is 0 Å². The largest absolute Gasteiger partial charge is 0.411 e. The van der Waals surface area contributed by atoms with Gasteiger partial charge in [-0.25, -0.2) is 0 Å². The van der Waals surface area contributed by atoms with Crippen LogP contribution in [0.5, 0.6) is 0 Å². The summed E-state index contributed by atoms with van der Waals surface area (Å²) < 4.78 is 0. The first kappa shape index (κ1) is 12.2. The van der Waals surface area contributed by atoms with Crippen LogP contribution in [0, 0.1) is 5.92 Å². The molecule has 0 fully saturated rings. The Bertz CT molecular complexity index is 361. The van der Waals surface area contributed by atoms with Crippen LogP contribution in [0.25, 0.3) is 0 Å². The normalized spacial score (nSPS) is 14.2. The van der Waals surface area contributed by atoms with Crippen LogP contribution in [-0.2, 0) is 6.42 Å². The number of hydrogen-bond donors (Lipinski definition) is 2. The molecular formula is C12H16N2O2. The van der Waals surface area contributed by atoms with E-state index in [4.69, 9.17) is 10.4 Å².